The van der Waals surface area contributed by atoms with Crippen molar-refractivity contribution in [3.05, 3.63) is 35.4 Å². The standard InChI is InChI=1S/C17H29NO/c1-5-7-15-8-10-16(11-9-15)17(18-6-2)13-19-12-14(3)4/h8-11,14,17-18H,5-7,12-13H2,1-4H3. The van der Waals surface area contributed by atoms with Crippen LogP contribution in [-0.4, -0.2) is 19.8 Å². The van der Waals surface area contributed by atoms with E-state index in [1.165, 1.54) is 17.5 Å². The molecule has 0 aromatic heterocycles. The number of benzene rings is 1. The molecule has 0 aliphatic carbocycles. The summed E-state index contributed by atoms with van der Waals surface area (Å²) in [5.74, 6) is 0.592. The van der Waals surface area contributed by atoms with Crippen molar-refractivity contribution in [2.45, 2.75) is 46.6 Å². The molecule has 2 nitrogen and oxygen atoms in total. The van der Waals surface area contributed by atoms with E-state index >= 15 is 0 Å². The Labute approximate surface area is 118 Å². The van der Waals surface area contributed by atoms with Crippen molar-refractivity contribution in [2.24, 2.45) is 5.92 Å². The summed E-state index contributed by atoms with van der Waals surface area (Å²) in [5.41, 5.74) is 2.75. The maximum absolute atomic E-state index is 5.78. The molecule has 1 aromatic rings. The smallest absolute Gasteiger partial charge is 0.0661 e. The number of aryl methyl sites for hydroxylation is 1. The van der Waals surface area contributed by atoms with Crippen LogP contribution in [0.2, 0.25) is 0 Å². The lowest BCUT2D eigenvalue weighted by Gasteiger charge is -2.19. The monoisotopic (exact) mass is 263 g/mol. The Hall–Kier alpha value is -0.860. The predicted molar refractivity (Wildman–Crippen MR) is 82.5 cm³/mol. The first-order chi connectivity index (χ1) is 9.17. The summed E-state index contributed by atoms with van der Waals surface area (Å²) < 4.78 is 5.78. The van der Waals surface area contributed by atoms with Crippen molar-refractivity contribution in [3.8, 4) is 0 Å². The molecule has 0 radical (unpaired) electrons. The summed E-state index contributed by atoms with van der Waals surface area (Å²) in [6, 6.07) is 9.25. The third kappa shape index (κ3) is 6.22. The summed E-state index contributed by atoms with van der Waals surface area (Å²) in [6.45, 7) is 11.3. The lowest BCUT2D eigenvalue weighted by molar-refractivity contribution is 0.0905. The molecule has 1 aromatic carbocycles. The molecule has 0 fully saturated rings. The van der Waals surface area contributed by atoms with Gasteiger partial charge in [-0.3, -0.25) is 0 Å². The molecule has 1 unspecified atom stereocenters. The second kappa shape index (κ2) is 9.11. The second-order valence-corrected chi connectivity index (χ2v) is 5.53. The minimum absolute atomic E-state index is 0.305. The van der Waals surface area contributed by atoms with E-state index in [0.29, 0.717) is 12.0 Å². The van der Waals surface area contributed by atoms with E-state index in [1.54, 1.807) is 0 Å². The molecule has 108 valence electrons. The van der Waals surface area contributed by atoms with Crippen LogP contribution in [0.25, 0.3) is 0 Å². The molecule has 0 heterocycles. The summed E-state index contributed by atoms with van der Waals surface area (Å²) in [4.78, 5) is 0. The Balaban J connectivity index is 2.58. The van der Waals surface area contributed by atoms with E-state index in [2.05, 4.69) is 57.3 Å². The average Bonchev–Trinajstić information content (AvgIpc) is 2.39. The SMILES string of the molecule is CCCc1ccc(C(COCC(C)C)NCC)cc1. The van der Waals surface area contributed by atoms with Crippen molar-refractivity contribution in [1.82, 2.24) is 5.32 Å². The summed E-state index contributed by atoms with van der Waals surface area (Å²) >= 11 is 0. The van der Waals surface area contributed by atoms with Crippen molar-refractivity contribution >= 4 is 0 Å². The molecule has 0 aliphatic rings. The molecule has 0 amide bonds. The van der Waals surface area contributed by atoms with Gasteiger partial charge in [0.15, 0.2) is 0 Å². The van der Waals surface area contributed by atoms with Crippen molar-refractivity contribution in [3.63, 3.8) is 0 Å². The van der Waals surface area contributed by atoms with E-state index in [1.807, 2.05) is 0 Å². The summed E-state index contributed by atoms with van der Waals surface area (Å²) in [6.07, 6.45) is 2.36. The normalized spacial score (nSPS) is 12.9. The molecule has 1 N–H and O–H groups in total. The Bertz CT molecular complexity index is 332. The van der Waals surface area contributed by atoms with Gasteiger partial charge in [-0.25, -0.2) is 0 Å². The third-order valence-corrected chi connectivity index (χ3v) is 3.11. The first kappa shape index (κ1) is 16.2. The van der Waals surface area contributed by atoms with Crippen LogP contribution in [0, 0.1) is 5.92 Å². The largest absolute Gasteiger partial charge is 0.379 e. The highest BCUT2D eigenvalue weighted by Crippen LogP contribution is 2.15. The van der Waals surface area contributed by atoms with E-state index in [9.17, 15) is 0 Å². The first-order valence-corrected chi connectivity index (χ1v) is 7.57. The van der Waals surface area contributed by atoms with Crippen LogP contribution in [0.15, 0.2) is 24.3 Å². The maximum Gasteiger partial charge on any atom is 0.0661 e. The van der Waals surface area contributed by atoms with Crippen LogP contribution < -0.4 is 5.32 Å². The highest BCUT2D eigenvalue weighted by molar-refractivity contribution is 5.25. The van der Waals surface area contributed by atoms with Crippen molar-refractivity contribution in [2.75, 3.05) is 19.8 Å². The molecule has 0 aliphatic heterocycles. The van der Waals surface area contributed by atoms with Gasteiger partial charge in [0.05, 0.1) is 12.6 Å². The van der Waals surface area contributed by atoms with Crippen LogP contribution in [0.4, 0.5) is 0 Å². The fourth-order valence-corrected chi connectivity index (χ4v) is 2.15. The molecule has 0 bridgehead atoms. The van der Waals surface area contributed by atoms with Crippen LogP contribution >= 0.6 is 0 Å². The Morgan fingerprint density at radius 2 is 1.74 bits per heavy atom. The fraction of sp³-hybridized carbons (Fsp3) is 0.647. The fourth-order valence-electron chi connectivity index (χ4n) is 2.15. The highest BCUT2D eigenvalue weighted by Gasteiger charge is 2.10. The van der Waals surface area contributed by atoms with Gasteiger partial charge in [-0.15, -0.1) is 0 Å². The lowest BCUT2D eigenvalue weighted by atomic mass is 10.0. The van der Waals surface area contributed by atoms with E-state index in [4.69, 9.17) is 4.74 Å². The van der Waals surface area contributed by atoms with Gasteiger partial charge in [0.1, 0.15) is 0 Å². The molecule has 1 rings (SSSR count). The number of hydrogen-bond donors (Lipinski definition) is 1. The number of nitrogens with one attached hydrogen (secondary N) is 1. The van der Waals surface area contributed by atoms with Crippen molar-refractivity contribution in [1.29, 1.82) is 0 Å². The molecule has 19 heavy (non-hydrogen) atoms. The van der Waals surface area contributed by atoms with Gasteiger partial charge in [-0.2, -0.15) is 0 Å². The summed E-state index contributed by atoms with van der Waals surface area (Å²) in [5, 5.41) is 3.50. The number of likely N-dealkylation sites (N-methyl/N-ethyl adjacent to an activating group) is 1. The van der Waals surface area contributed by atoms with Crippen molar-refractivity contribution < 1.29 is 4.74 Å². The zero-order valence-electron chi connectivity index (χ0n) is 12.9. The van der Waals surface area contributed by atoms with Gasteiger partial charge in [-0.05, 0) is 30.0 Å². The Kier molecular flexibility index (Phi) is 7.76. The second-order valence-electron chi connectivity index (χ2n) is 5.53. The molecular weight excluding hydrogens is 234 g/mol. The summed E-state index contributed by atoms with van der Waals surface area (Å²) in [7, 11) is 0. The van der Waals surface area contributed by atoms with Gasteiger partial charge in [0.25, 0.3) is 0 Å². The molecular formula is C17H29NO. The van der Waals surface area contributed by atoms with Gasteiger partial charge < -0.3 is 10.1 Å². The number of hydrogen-bond acceptors (Lipinski definition) is 2. The van der Waals surface area contributed by atoms with Crippen LogP contribution in [0.1, 0.15) is 51.3 Å². The minimum Gasteiger partial charge on any atom is -0.379 e. The lowest BCUT2D eigenvalue weighted by Crippen LogP contribution is -2.26. The van der Waals surface area contributed by atoms with E-state index in [-0.39, 0.29) is 0 Å². The maximum atomic E-state index is 5.78. The molecule has 0 saturated carbocycles. The third-order valence-electron chi connectivity index (χ3n) is 3.11. The predicted octanol–water partition coefficient (Wildman–Crippen LogP) is 3.96. The van der Waals surface area contributed by atoms with Gasteiger partial charge in [0.2, 0.25) is 0 Å². The molecule has 0 spiro atoms. The Morgan fingerprint density at radius 1 is 1.05 bits per heavy atom. The van der Waals surface area contributed by atoms with Gasteiger partial charge in [-0.1, -0.05) is 58.4 Å². The zero-order valence-corrected chi connectivity index (χ0v) is 12.9. The minimum atomic E-state index is 0.305. The highest BCUT2D eigenvalue weighted by atomic mass is 16.5. The zero-order chi connectivity index (χ0) is 14.1. The first-order valence-electron chi connectivity index (χ1n) is 7.57. The van der Waals surface area contributed by atoms with Crippen LogP contribution in [0.3, 0.4) is 0 Å². The molecule has 2 heteroatoms. The Morgan fingerprint density at radius 3 is 2.26 bits per heavy atom. The van der Waals surface area contributed by atoms with Crippen LogP contribution in [0.5, 0.6) is 0 Å². The number of rotatable bonds is 9. The topological polar surface area (TPSA) is 21.3 Å². The van der Waals surface area contributed by atoms with E-state index in [0.717, 1.165) is 26.2 Å². The van der Waals surface area contributed by atoms with Crippen LogP contribution in [-0.2, 0) is 11.2 Å². The van der Waals surface area contributed by atoms with Gasteiger partial charge >= 0.3 is 0 Å². The quantitative estimate of drug-likeness (QED) is 0.728. The number of ether oxygens (including phenoxy) is 1. The average molecular weight is 263 g/mol. The molecule has 1 atom stereocenters. The van der Waals surface area contributed by atoms with E-state index < -0.39 is 0 Å². The molecule has 0 saturated heterocycles. The van der Waals surface area contributed by atoms with Gasteiger partial charge in [0, 0.05) is 6.61 Å².